The molecule has 0 radical (unpaired) electrons. The number of hydrogen-bond donors (Lipinski definition) is 2. The number of aliphatic imine (C=N–C) groups is 1. The highest BCUT2D eigenvalue weighted by molar-refractivity contribution is 5.80. The summed E-state index contributed by atoms with van der Waals surface area (Å²) in [5.41, 5.74) is 3.25. The number of benzene rings is 2. The van der Waals surface area contributed by atoms with Gasteiger partial charge in [-0.15, -0.1) is 0 Å². The third-order valence-corrected chi connectivity index (χ3v) is 5.00. The Morgan fingerprint density at radius 1 is 1.21 bits per heavy atom. The lowest BCUT2D eigenvalue weighted by atomic mass is 9.78. The number of hydrogen-bond acceptors (Lipinski definition) is 4. The summed E-state index contributed by atoms with van der Waals surface area (Å²) in [4.78, 5) is 4.54. The molecule has 0 saturated carbocycles. The lowest BCUT2D eigenvalue weighted by Crippen LogP contribution is -2.41. The molecule has 6 nitrogen and oxygen atoms in total. The number of halogens is 2. The van der Waals surface area contributed by atoms with Gasteiger partial charge in [0.2, 0.25) is 6.79 Å². The first-order valence-electron chi connectivity index (χ1n) is 9.61. The molecule has 1 atom stereocenters. The van der Waals surface area contributed by atoms with E-state index in [9.17, 15) is 8.78 Å². The van der Waals surface area contributed by atoms with Crippen LogP contribution in [0.1, 0.15) is 29.5 Å². The summed E-state index contributed by atoms with van der Waals surface area (Å²) >= 11 is 0. The molecule has 0 aromatic heterocycles. The van der Waals surface area contributed by atoms with Gasteiger partial charge in [0.15, 0.2) is 17.5 Å². The summed E-state index contributed by atoms with van der Waals surface area (Å²) in [5.74, 6) is 2.00. The molecule has 0 saturated heterocycles. The highest BCUT2D eigenvalue weighted by Crippen LogP contribution is 2.39. The molecule has 0 bridgehead atoms. The average Bonchev–Trinajstić information content (AvgIpc) is 3.13. The van der Waals surface area contributed by atoms with Crippen LogP contribution in [0.25, 0.3) is 0 Å². The fourth-order valence-corrected chi connectivity index (χ4v) is 3.57. The standard InChI is InChI=1S/C21H23F2N3O3/c1-2-24-21(25-10-14-7-13-5-3-4-6-16(13)14)26-11-15-8-18-19(28-12-27-18)9-17(15)29-20(22)23/h3-6,8-9,14,20H,2,7,10-12H2,1H3,(H2,24,25,26). The quantitative estimate of drug-likeness (QED) is 0.548. The number of fused-ring (bicyclic) bond motifs is 2. The Morgan fingerprint density at radius 2 is 2.00 bits per heavy atom. The van der Waals surface area contributed by atoms with Crippen molar-refractivity contribution in [2.75, 3.05) is 19.9 Å². The van der Waals surface area contributed by atoms with Crippen LogP contribution in [-0.4, -0.2) is 32.5 Å². The van der Waals surface area contributed by atoms with Gasteiger partial charge >= 0.3 is 6.61 Å². The van der Waals surface area contributed by atoms with E-state index in [0.29, 0.717) is 35.5 Å². The van der Waals surface area contributed by atoms with Crippen molar-refractivity contribution < 1.29 is 23.0 Å². The molecule has 0 spiro atoms. The molecule has 2 N–H and O–H groups in total. The number of nitrogens with one attached hydrogen (secondary N) is 2. The first-order valence-corrected chi connectivity index (χ1v) is 9.61. The van der Waals surface area contributed by atoms with Crippen LogP contribution in [0.4, 0.5) is 8.78 Å². The maximum atomic E-state index is 12.8. The maximum absolute atomic E-state index is 12.8. The molecule has 8 heteroatoms. The maximum Gasteiger partial charge on any atom is 0.387 e. The van der Waals surface area contributed by atoms with Crippen molar-refractivity contribution in [1.29, 1.82) is 0 Å². The second-order valence-corrected chi connectivity index (χ2v) is 6.87. The third-order valence-electron chi connectivity index (χ3n) is 5.00. The molecule has 154 valence electrons. The highest BCUT2D eigenvalue weighted by Gasteiger charge is 2.25. The van der Waals surface area contributed by atoms with E-state index in [1.807, 2.05) is 6.92 Å². The van der Waals surface area contributed by atoms with E-state index in [2.05, 4.69) is 44.6 Å². The topological polar surface area (TPSA) is 64.1 Å². The van der Waals surface area contributed by atoms with E-state index in [0.717, 1.165) is 13.0 Å². The summed E-state index contributed by atoms with van der Waals surface area (Å²) in [6.45, 7) is 0.711. The average molecular weight is 403 g/mol. The molecule has 2 aromatic rings. The Morgan fingerprint density at radius 3 is 2.76 bits per heavy atom. The van der Waals surface area contributed by atoms with Gasteiger partial charge in [-0.25, -0.2) is 4.99 Å². The van der Waals surface area contributed by atoms with Gasteiger partial charge < -0.3 is 24.8 Å². The minimum absolute atomic E-state index is 0.0387. The van der Waals surface area contributed by atoms with E-state index in [1.165, 1.54) is 17.2 Å². The third kappa shape index (κ3) is 4.36. The zero-order chi connectivity index (χ0) is 20.2. The second kappa shape index (κ2) is 8.55. The van der Waals surface area contributed by atoms with Crippen molar-refractivity contribution in [3.63, 3.8) is 0 Å². The van der Waals surface area contributed by atoms with E-state index in [1.54, 1.807) is 6.07 Å². The van der Waals surface area contributed by atoms with Gasteiger partial charge in [0.05, 0.1) is 6.54 Å². The van der Waals surface area contributed by atoms with Gasteiger partial charge in [0, 0.05) is 30.6 Å². The van der Waals surface area contributed by atoms with Crippen LogP contribution >= 0.6 is 0 Å². The smallest absolute Gasteiger partial charge is 0.387 e. The molecule has 2 aromatic carbocycles. The van der Waals surface area contributed by atoms with E-state index in [-0.39, 0.29) is 19.1 Å². The van der Waals surface area contributed by atoms with Crippen LogP contribution in [0.5, 0.6) is 17.2 Å². The minimum Gasteiger partial charge on any atom is -0.454 e. The van der Waals surface area contributed by atoms with Crippen molar-refractivity contribution >= 4 is 5.96 Å². The molecule has 29 heavy (non-hydrogen) atoms. The molecule has 1 aliphatic heterocycles. The van der Waals surface area contributed by atoms with Gasteiger partial charge in [-0.3, -0.25) is 0 Å². The first kappa shape index (κ1) is 19.3. The molecule has 0 amide bonds. The molecule has 1 aliphatic carbocycles. The zero-order valence-corrected chi connectivity index (χ0v) is 16.1. The van der Waals surface area contributed by atoms with Gasteiger partial charge in [-0.1, -0.05) is 24.3 Å². The molecular formula is C21H23F2N3O3. The van der Waals surface area contributed by atoms with E-state index < -0.39 is 6.61 Å². The first-order chi connectivity index (χ1) is 14.1. The fraction of sp³-hybridized carbons (Fsp3) is 0.381. The summed E-state index contributed by atoms with van der Waals surface area (Å²) in [5, 5.41) is 6.53. The lowest BCUT2D eigenvalue weighted by molar-refractivity contribution is -0.0505. The number of nitrogens with zero attached hydrogens (tertiary/aromatic N) is 1. The molecule has 2 aliphatic rings. The summed E-state index contributed by atoms with van der Waals surface area (Å²) in [7, 11) is 0. The predicted octanol–water partition coefficient (Wildman–Crippen LogP) is 3.41. The van der Waals surface area contributed by atoms with Crippen molar-refractivity contribution in [2.24, 2.45) is 4.99 Å². The van der Waals surface area contributed by atoms with Crippen LogP contribution in [0.15, 0.2) is 41.4 Å². The van der Waals surface area contributed by atoms with Gasteiger partial charge in [-0.2, -0.15) is 8.78 Å². The molecule has 1 unspecified atom stereocenters. The Bertz CT molecular complexity index is 905. The van der Waals surface area contributed by atoms with Gasteiger partial charge in [0.1, 0.15) is 5.75 Å². The van der Waals surface area contributed by atoms with Crippen molar-refractivity contribution in [3.8, 4) is 17.2 Å². The highest BCUT2D eigenvalue weighted by atomic mass is 19.3. The largest absolute Gasteiger partial charge is 0.454 e. The second-order valence-electron chi connectivity index (χ2n) is 6.87. The Hall–Kier alpha value is -3.03. The summed E-state index contributed by atoms with van der Waals surface area (Å²) < 4.78 is 40.8. The van der Waals surface area contributed by atoms with Crippen LogP contribution in [0.3, 0.4) is 0 Å². The van der Waals surface area contributed by atoms with Gasteiger partial charge in [-0.05, 0) is 30.5 Å². The van der Waals surface area contributed by atoms with Crippen molar-refractivity contribution in [2.45, 2.75) is 32.4 Å². The Kier molecular flexibility index (Phi) is 5.69. The zero-order valence-electron chi connectivity index (χ0n) is 16.1. The van der Waals surface area contributed by atoms with Crippen molar-refractivity contribution in [3.05, 3.63) is 53.1 Å². The van der Waals surface area contributed by atoms with E-state index >= 15 is 0 Å². The lowest BCUT2D eigenvalue weighted by Gasteiger charge is -2.30. The monoisotopic (exact) mass is 403 g/mol. The molecule has 1 heterocycles. The molecule has 4 rings (SSSR count). The summed E-state index contributed by atoms with van der Waals surface area (Å²) in [6, 6.07) is 11.5. The number of ether oxygens (including phenoxy) is 3. The van der Waals surface area contributed by atoms with Crippen LogP contribution < -0.4 is 24.8 Å². The number of alkyl halides is 2. The van der Waals surface area contributed by atoms with Crippen LogP contribution in [0, 0.1) is 0 Å². The SMILES string of the molecule is CCNC(=NCc1cc2c(cc1OC(F)F)OCO2)NCC1Cc2ccccc21. The Labute approximate surface area is 167 Å². The molecule has 0 fully saturated rings. The fourth-order valence-electron chi connectivity index (χ4n) is 3.57. The van der Waals surface area contributed by atoms with E-state index in [4.69, 9.17) is 9.47 Å². The van der Waals surface area contributed by atoms with Crippen molar-refractivity contribution in [1.82, 2.24) is 10.6 Å². The Balaban J connectivity index is 1.45. The normalized spacial score (nSPS) is 17.0. The predicted molar refractivity (Wildman–Crippen MR) is 105 cm³/mol. The van der Waals surface area contributed by atoms with Crippen LogP contribution in [-0.2, 0) is 13.0 Å². The number of rotatable bonds is 7. The number of guanidine groups is 1. The minimum atomic E-state index is -2.93. The van der Waals surface area contributed by atoms with Gasteiger partial charge in [0.25, 0.3) is 0 Å². The summed E-state index contributed by atoms with van der Waals surface area (Å²) in [6.07, 6.45) is 1.04. The van der Waals surface area contributed by atoms with Crippen LogP contribution in [0.2, 0.25) is 0 Å². The molecular weight excluding hydrogens is 380 g/mol.